The van der Waals surface area contributed by atoms with Crippen LogP contribution in [0.15, 0.2) is 30.3 Å². The van der Waals surface area contributed by atoms with E-state index in [1.54, 1.807) is 9.20 Å². The minimum atomic E-state index is -0.0196. The second-order valence-electron chi connectivity index (χ2n) is 7.73. The molecule has 1 aliphatic rings. The summed E-state index contributed by atoms with van der Waals surface area (Å²) in [6.45, 7) is 6.47. The molecule has 3 aromatic heterocycles. The van der Waals surface area contributed by atoms with Crippen molar-refractivity contribution in [1.29, 1.82) is 0 Å². The second kappa shape index (κ2) is 7.95. The van der Waals surface area contributed by atoms with E-state index in [1.165, 1.54) is 0 Å². The van der Waals surface area contributed by atoms with E-state index in [2.05, 4.69) is 25.7 Å². The van der Waals surface area contributed by atoms with Crippen molar-refractivity contribution in [3.8, 4) is 17.3 Å². The van der Waals surface area contributed by atoms with Gasteiger partial charge in [-0.25, -0.2) is 4.68 Å². The molecule has 0 saturated carbocycles. The lowest BCUT2D eigenvalue weighted by Crippen LogP contribution is -2.23. The van der Waals surface area contributed by atoms with Gasteiger partial charge in [0.1, 0.15) is 0 Å². The van der Waals surface area contributed by atoms with Crippen LogP contribution in [0.25, 0.3) is 11.5 Å². The van der Waals surface area contributed by atoms with Crippen molar-refractivity contribution < 1.29 is 14.3 Å². The van der Waals surface area contributed by atoms with E-state index in [1.807, 2.05) is 51.1 Å². The van der Waals surface area contributed by atoms with E-state index in [-0.39, 0.29) is 12.7 Å². The molecule has 0 aliphatic carbocycles. The van der Waals surface area contributed by atoms with Crippen LogP contribution in [-0.2, 0) is 17.8 Å². The molecule has 0 bridgehead atoms. The van der Waals surface area contributed by atoms with E-state index in [0.29, 0.717) is 42.4 Å². The van der Waals surface area contributed by atoms with Gasteiger partial charge in [0.15, 0.2) is 28.8 Å². The average molecular weight is 433 g/mol. The van der Waals surface area contributed by atoms with Gasteiger partial charge in [-0.05, 0) is 62.6 Å². The molecule has 1 aromatic carbocycles. The first-order chi connectivity index (χ1) is 15.5. The summed E-state index contributed by atoms with van der Waals surface area (Å²) in [6, 6.07) is 9.40. The van der Waals surface area contributed by atoms with Crippen molar-refractivity contribution in [3.05, 3.63) is 58.7 Å². The first-order valence-corrected chi connectivity index (χ1v) is 10.4. The standard InChI is InChI=1S/C22H23N7O3/c1-13-17(5-9-22(30)23-11-16-4-6-18-19(10-16)32-12-31-18)14(2)28(26-13)21-8-7-20-25-24-15(3)29(20)27-21/h4,6-8,10H,5,9,11-12H2,1-3H3,(H,23,30). The number of nitrogens with one attached hydrogen (secondary N) is 1. The van der Waals surface area contributed by atoms with Crippen LogP contribution < -0.4 is 14.8 Å². The minimum absolute atomic E-state index is 0.0196. The number of carbonyl (C=O) groups is 1. The predicted molar refractivity (Wildman–Crippen MR) is 115 cm³/mol. The lowest BCUT2D eigenvalue weighted by atomic mass is 10.1. The Kier molecular flexibility index (Phi) is 4.96. The average Bonchev–Trinajstić information content (AvgIpc) is 3.48. The van der Waals surface area contributed by atoms with E-state index in [9.17, 15) is 4.79 Å². The number of aromatic nitrogens is 6. The van der Waals surface area contributed by atoms with Crippen molar-refractivity contribution in [2.45, 2.75) is 40.2 Å². The molecule has 0 radical (unpaired) electrons. The predicted octanol–water partition coefficient (Wildman–Crippen LogP) is 2.21. The van der Waals surface area contributed by atoms with Gasteiger partial charge in [-0.15, -0.1) is 15.3 Å². The molecule has 32 heavy (non-hydrogen) atoms. The quantitative estimate of drug-likeness (QED) is 0.497. The van der Waals surface area contributed by atoms with Crippen LogP contribution in [0.3, 0.4) is 0 Å². The molecule has 1 amide bonds. The molecule has 164 valence electrons. The number of benzene rings is 1. The molecule has 4 heterocycles. The molecule has 1 aliphatic heterocycles. The van der Waals surface area contributed by atoms with Gasteiger partial charge < -0.3 is 14.8 Å². The summed E-state index contributed by atoms with van der Waals surface area (Å²) in [5.41, 5.74) is 4.54. The molecule has 0 atom stereocenters. The molecule has 0 unspecified atom stereocenters. The van der Waals surface area contributed by atoms with Gasteiger partial charge in [-0.3, -0.25) is 4.79 Å². The molecule has 0 fully saturated rings. The van der Waals surface area contributed by atoms with Gasteiger partial charge in [0, 0.05) is 18.7 Å². The molecule has 10 heteroatoms. The highest BCUT2D eigenvalue weighted by Crippen LogP contribution is 2.32. The molecule has 0 saturated heterocycles. The summed E-state index contributed by atoms with van der Waals surface area (Å²) in [5, 5.41) is 20.3. The fourth-order valence-corrected chi connectivity index (χ4v) is 3.84. The topological polar surface area (TPSA) is 108 Å². The highest BCUT2D eigenvalue weighted by atomic mass is 16.7. The number of rotatable bonds is 6. The van der Waals surface area contributed by atoms with Gasteiger partial charge >= 0.3 is 0 Å². The lowest BCUT2D eigenvalue weighted by Gasteiger charge is -2.07. The monoisotopic (exact) mass is 433 g/mol. The summed E-state index contributed by atoms with van der Waals surface area (Å²) < 4.78 is 14.2. The number of amides is 1. The fourth-order valence-electron chi connectivity index (χ4n) is 3.84. The molecule has 0 spiro atoms. The molecule has 4 aromatic rings. The zero-order valence-electron chi connectivity index (χ0n) is 18.1. The number of ether oxygens (including phenoxy) is 2. The maximum Gasteiger partial charge on any atom is 0.231 e. The van der Waals surface area contributed by atoms with E-state index >= 15 is 0 Å². The fraction of sp³-hybridized carbons (Fsp3) is 0.318. The molecule has 5 rings (SSSR count). The summed E-state index contributed by atoms with van der Waals surface area (Å²) in [4.78, 5) is 12.5. The second-order valence-corrected chi connectivity index (χ2v) is 7.73. The van der Waals surface area contributed by atoms with Crippen LogP contribution in [0, 0.1) is 20.8 Å². The summed E-state index contributed by atoms with van der Waals surface area (Å²) in [6.07, 6.45) is 0.966. The first kappa shape index (κ1) is 20.0. The van der Waals surface area contributed by atoms with Crippen LogP contribution in [0.5, 0.6) is 11.5 Å². The van der Waals surface area contributed by atoms with E-state index in [4.69, 9.17) is 9.47 Å². The number of fused-ring (bicyclic) bond motifs is 2. The molecular formula is C22H23N7O3. The Balaban J connectivity index is 1.25. The summed E-state index contributed by atoms with van der Waals surface area (Å²) >= 11 is 0. The maximum atomic E-state index is 12.5. The Bertz CT molecular complexity index is 1320. The van der Waals surface area contributed by atoms with Crippen molar-refractivity contribution in [2.24, 2.45) is 0 Å². The highest BCUT2D eigenvalue weighted by molar-refractivity contribution is 5.76. The maximum absolute atomic E-state index is 12.5. The van der Waals surface area contributed by atoms with Crippen molar-refractivity contribution in [3.63, 3.8) is 0 Å². The number of hydrogen-bond donors (Lipinski definition) is 1. The smallest absolute Gasteiger partial charge is 0.231 e. The summed E-state index contributed by atoms with van der Waals surface area (Å²) in [7, 11) is 0. The zero-order valence-corrected chi connectivity index (χ0v) is 18.1. The van der Waals surface area contributed by atoms with Crippen LogP contribution >= 0.6 is 0 Å². The Morgan fingerprint density at radius 3 is 2.78 bits per heavy atom. The Morgan fingerprint density at radius 1 is 1.06 bits per heavy atom. The third kappa shape index (κ3) is 3.64. The van der Waals surface area contributed by atoms with Gasteiger partial charge in [0.05, 0.1) is 5.69 Å². The number of aryl methyl sites for hydroxylation is 2. The van der Waals surface area contributed by atoms with Crippen molar-refractivity contribution in [2.75, 3.05) is 6.79 Å². The van der Waals surface area contributed by atoms with E-state index < -0.39 is 0 Å². The zero-order chi connectivity index (χ0) is 22.2. The van der Waals surface area contributed by atoms with Crippen molar-refractivity contribution >= 4 is 11.6 Å². The number of carbonyl (C=O) groups excluding carboxylic acids is 1. The normalized spacial score (nSPS) is 12.5. The van der Waals surface area contributed by atoms with Crippen LogP contribution in [-0.4, -0.2) is 42.3 Å². The van der Waals surface area contributed by atoms with Gasteiger partial charge in [-0.2, -0.15) is 9.61 Å². The number of nitrogens with zero attached hydrogens (tertiary/aromatic N) is 6. The Hall–Kier alpha value is -3.95. The van der Waals surface area contributed by atoms with Gasteiger partial charge in [0.25, 0.3) is 0 Å². The molecule has 1 N–H and O–H groups in total. The lowest BCUT2D eigenvalue weighted by molar-refractivity contribution is -0.121. The highest BCUT2D eigenvalue weighted by Gasteiger charge is 2.17. The van der Waals surface area contributed by atoms with Crippen LogP contribution in [0.4, 0.5) is 0 Å². The largest absolute Gasteiger partial charge is 0.454 e. The first-order valence-electron chi connectivity index (χ1n) is 10.4. The van der Waals surface area contributed by atoms with Crippen molar-refractivity contribution in [1.82, 2.24) is 34.9 Å². The number of hydrogen-bond acceptors (Lipinski definition) is 7. The van der Waals surface area contributed by atoms with Gasteiger partial charge in [0.2, 0.25) is 12.7 Å². The SMILES string of the molecule is Cc1nn(-c2ccc3nnc(C)n3n2)c(C)c1CCC(=O)NCc1ccc2c(c1)OCO2. The van der Waals surface area contributed by atoms with Gasteiger partial charge in [-0.1, -0.05) is 6.07 Å². The van der Waals surface area contributed by atoms with Crippen LogP contribution in [0.1, 0.15) is 34.8 Å². The van der Waals surface area contributed by atoms with E-state index in [0.717, 1.165) is 28.3 Å². The molecular weight excluding hydrogens is 410 g/mol. The molecule has 10 nitrogen and oxygen atoms in total. The third-order valence-corrected chi connectivity index (χ3v) is 5.59. The third-order valence-electron chi connectivity index (χ3n) is 5.59. The van der Waals surface area contributed by atoms with Crippen LogP contribution in [0.2, 0.25) is 0 Å². The Morgan fingerprint density at radius 2 is 1.91 bits per heavy atom. The minimum Gasteiger partial charge on any atom is -0.454 e. The summed E-state index contributed by atoms with van der Waals surface area (Å²) in [5.74, 6) is 2.82. The Labute approximate surface area is 184 Å².